The average Bonchev–Trinajstić information content (AvgIpc) is 2.22. The Labute approximate surface area is 100 Å². The number of anilines is 1. The minimum Gasteiger partial charge on any atom is -0.396 e. The van der Waals surface area contributed by atoms with Gasteiger partial charge in [-0.15, -0.1) is 0 Å². The van der Waals surface area contributed by atoms with Crippen LogP contribution in [0.25, 0.3) is 0 Å². The Morgan fingerprint density at radius 3 is 2.62 bits per heavy atom. The van der Waals surface area contributed by atoms with Crippen LogP contribution in [0.2, 0.25) is 5.02 Å². The van der Waals surface area contributed by atoms with Gasteiger partial charge in [-0.3, -0.25) is 0 Å². The summed E-state index contributed by atoms with van der Waals surface area (Å²) >= 11 is 5.98. The Balaban J connectivity index is 2.79. The molecule has 0 saturated heterocycles. The van der Waals surface area contributed by atoms with Crippen molar-refractivity contribution >= 4 is 17.3 Å². The molecule has 0 fully saturated rings. The van der Waals surface area contributed by atoms with Crippen molar-refractivity contribution in [1.29, 1.82) is 0 Å². The first-order valence-electron chi connectivity index (χ1n) is 5.16. The third kappa shape index (κ3) is 3.35. The molecule has 0 saturated carbocycles. The normalized spacial score (nSPS) is 11.6. The number of aryl methyl sites for hydroxylation is 1. The Kier molecular flexibility index (Phi) is 4.16. The van der Waals surface area contributed by atoms with Crippen molar-refractivity contribution in [2.45, 2.75) is 20.8 Å². The predicted octanol–water partition coefficient (Wildman–Crippen LogP) is 3.22. The summed E-state index contributed by atoms with van der Waals surface area (Å²) in [4.78, 5) is 0. The number of aliphatic hydroxyl groups excluding tert-OH is 1. The molecule has 0 aromatic heterocycles. The minimum absolute atomic E-state index is 0.0615. The fourth-order valence-electron chi connectivity index (χ4n) is 1.17. The van der Waals surface area contributed by atoms with Gasteiger partial charge in [0, 0.05) is 18.6 Å². The highest BCUT2D eigenvalue weighted by Gasteiger charge is 2.16. The van der Waals surface area contributed by atoms with Crippen molar-refractivity contribution < 1.29 is 9.50 Å². The molecule has 0 aliphatic carbocycles. The minimum atomic E-state index is -0.284. The molecule has 0 spiro atoms. The van der Waals surface area contributed by atoms with Crippen LogP contribution < -0.4 is 5.32 Å². The number of aliphatic hydroxyl groups is 1. The van der Waals surface area contributed by atoms with Gasteiger partial charge in [-0.25, -0.2) is 4.39 Å². The predicted molar refractivity (Wildman–Crippen MR) is 65.5 cm³/mol. The quantitative estimate of drug-likeness (QED) is 0.854. The first-order chi connectivity index (χ1) is 7.35. The highest BCUT2D eigenvalue weighted by Crippen LogP contribution is 2.26. The van der Waals surface area contributed by atoms with Gasteiger partial charge < -0.3 is 10.4 Å². The Hall–Kier alpha value is -0.800. The lowest BCUT2D eigenvalue weighted by Gasteiger charge is -2.23. The second kappa shape index (κ2) is 5.02. The fraction of sp³-hybridized carbons (Fsp3) is 0.500. The zero-order valence-electron chi connectivity index (χ0n) is 9.77. The molecular weight excluding hydrogens is 229 g/mol. The number of benzene rings is 1. The lowest BCUT2D eigenvalue weighted by Crippen LogP contribution is -2.26. The van der Waals surface area contributed by atoms with Crippen molar-refractivity contribution in [3.05, 3.63) is 28.5 Å². The van der Waals surface area contributed by atoms with Gasteiger partial charge in [0.25, 0.3) is 0 Å². The molecule has 0 amide bonds. The molecular formula is C12H17ClFNO. The third-order valence-corrected chi connectivity index (χ3v) is 2.75. The van der Waals surface area contributed by atoms with E-state index in [0.29, 0.717) is 22.8 Å². The van der Waals surface area contributed by atoms with Gasteiger partial charge >= 0.3 is 0 Å². The van der Waals surface area contributed by atoms with Crippen LogP contribution in [0.4, 0.5) is 10.1 Å². The van der Waals surface area contributed by atoms with Gasteiger partial charge in [0.05, 0.1) is 10.7 Å². The zero-order valence-corrected chi connectivity index (χ0v) is 10.5. The number of hydrogen-bond donors (Lipinski definition) is 2. The second-order valence-corrected chi connectivity index (χ2v) is 5.16. The van der Waals surface area contributed by atoms with Crippen LogP contribution in [0.1, 0.15) is 19.4 Å². The Morgan fingerprint density at radius 1 is 1.44 bits per heavy atom. The van der Waals surface area contributed by atoms with Crippen molar-refractivity contribution in [2.24, 2.45) is 5.41 Å². The van der Waals surface area contributed by atoms with Crippen LogP contribution in [-0.4, -0.2) is 18.3 Å². The van der Waals surface area contributed by atoms with E-state index >= 15 is 0 Å². The summed E-state index contributed by atoms with van der Waals surface area (Å²) in [7, 11) is 0. The summed E-state index contributed by atoms with van der Waals surface area (Å²) in [6, 6.07) is 2.97. The lowest BCUT2D eigenvalue weighted by atomic mass is 9.95. The molecule has 4 heteroatoms. The first kappa shape index (κ1) is 13.3. The van der Waals surface area contributed by atoms with Crippen molar-refractivity contribution in [3.8, 4) is 0 Å². The van der Waals surface area contributed by atoms with Crippen LogP contribution in [0.15, 0.2) is 12.1 Å². The smallest absolute Gasteiger partial charge is 0.128 e. The summed E-state index contributed by atoms with van der Waals surface area (Å²) in [6.45, 7) is 6.09. The maximum Gasteiger partial charge on any atom is 0.128 e. The van der Waals surface area contributed by atoms with Gasteiger partial charge in [0.1, 0.15) is 5.82 Å². The molecule has 1 aromatic rings. The van der Waals surface area contributed by atoms with Crippen LogP contribution in [0.5, 0.6) is 0 Å². The average molecular weight is 246 g/mol. The highest BCUT2D eigenvalue weighted by molar-refractivity contribution is 6.33. The zero-order chi connectivity index (χ0) is 12.3. The van der Waals surface area contributed by atoms with E-state index in [2.05, 4.69) is 5.32 Å². The van der Waals surface area contributed by atoms with E-state index in [-0.39, 0.29) is 17.8 Å². The maximum absolute atomic E-state index is 13.3. The molecule has 0 bridgehead atoms. The number of halogens is 2. The summed E-state index contributed by atoms with van der Waals surface area (Å²) in [5.74, 6) is -0.284. The number of nitrogens with one attached hydrogen (secondary N) is 1. The summed E-state index contributed by atoms with van der Waals surface area (Å²) < 4.78 is 13.3. The van der Waals surface area contributed by atoms with Crippen LogP contribution in [-0.2, 0) is 0 Å². The molecule has 16 heavy (non-hydrogen) atoms. The molecule has 0 aliphatic heterocycles. The van der Waals surface area contributed by atoms with Gasteiger partial charge in [0.2, 0.25) is 0 Å². The summed E-state index contributed by atoms with van der Waals surface area (Å²) in [5.41, 5.74) is 0.827. The van der Waals surface area contributed by atoms with Gasteiger partial charge in [0.15, 0.2) is 0 Å². The highest BCUT2D eigenvalue weighted by atomic mass is 35.5. The standard InChI is InChI=1S/C12H17ClFNO/c1-8-4-9(13)11(5-10(8)14)15-6-12(2,3)7-16/h4-5,15-16H,6-7H2,1-3H3. The van der Waals surface area contributed by atoms with Crippen LogP contribution >= 0.6 is 11.6 Å². The van der Waals surface area contributed by atoms with Crippen molar-refractivity contribution in [1.82, 2.24) is 0 Å². The fourth-order valence-corrected chi connectivity index (χ4v) is 1.46. The second-order valence-electron chi connectivity index (χ2n) is 4.76. The van der Waals surface area contributed by atoms with Gasteiger partial charge in [-0.2, -0.15) is 0 Å². The molecule has 1 aromatic carbocycles. The van der Waals surface area contributed by atoms with E-state index in [0.717, 1.165) is 0 Å². The summed E-state index contributed by atoms with van der Waals surface area (Å²) in [5, 5.41) is 12.6. The molecule has 1 rings (SSSR count). The van der Waals surface area contributed by atoms with Crippen molar-refractivity contribution in [2.75, 3.05) is 18.5 Å². The van der Waals surface area contributed by atoms with Crippen molar-refractivity contribution in [3.63, 3.8) is 0 Å². The van der Waals surface area contributed by atoms with E-state index in [1.54, 1.807) is 13.0 Å². The first-order valence-corrected chi connectivity index (χ1v) is 5.54. The summed E-state index contributed by atoms with van der Waals surface area (Å²) in [6.07, 6.45) is 0. The van der Waals surface area contributed by atoms with Gasteiger partial charge in [-0.05, 0) is 24.6 Å². The van der Waals surface area contributed by atoms with E-state index in [4.69, 9.17) is 16.7 Å². The molecule has 90 valence electrons. The SMILES string of the molecule is Cc1cc(Cl)c(NCC(C)(C)CO)cc1F. The molecule has 2 nitrogen and oxygen atoms in total. The molecule has 0 aliphatic rings. The number of rotatable bonds is 4. The third-order valence-electron chi connectivity index (χ3n) is 2.43. The molecule has 0 unspecified atom stereocenters. The largest absolute Gasteiger partial charge is 0.396 e. The van der Waals surface area contributed by atoms with Crippen LogP contribution in [0, 0.1) is 18.2 Å². The topological polar surface area (TPSA) is 32.3 Å². The van der Waals surface area contributed by atoms with E-state index in [9.17, 15) is 4.39 Å². The molecule has 0 heterocycles. The van der Waals surface area contributed by atoms with E-state index in [1.165, 1.54) is 6.07 Å². The molecule has 0 radical (unpaired) electrons. The van der Waals surface area contributed by atoms with Gasteiger partial charge in [-0.1, -0.05) is 25.4 Å². The molecule has 2 N–H and O–H groups in total. The monoisotopic (exact) mass is 245 g/mol. The van der Waals surface area contributed by atoms with E-state index in [1.807, 2.05) is 13.8 Å². The Bertz CT molecular complexity index is 380. The maximum atomic E-state index is 13.3. The van der Waals surface area contributed by atoms with Crippen LogP contribution in [0.3, 0.4) is 0 Å². The number of hydrogen-bond acceptors (Lipinski definition) is 2. The molecule has 0 atom stereocenters. The Morgan fingerprint density at radius 2 is 2.06 bits per heavy atom. The van der Waals surface area contributed by atoms with E-state index < -0.39 is 0 Å². The lowest BCUT2D eigenvalue weighted by molar-refractivity contribution is 0.171.